The molecule has 2 heterocycles. The average molecular weight is 359 g/mol. The van der Waals surface area contributed by atoms with Gasteiger partial charge in [-0.3, -0.25) is 9.59 Å². The summed E-state index contributed by atoms with van der Waals surface area (Å²) < 4.78 is 0. The lowest BCUT2D eigenvalue weighted by Gasteiger charge is -2.11. The van der Waals surface area contributed by atoms with Crippen LogP contribution in [0.2, 0.25) is 0 Å². The quantitative estimate of drug-likeness (QED) is 0.733. The maximum absolute atomic E-state index is 12.1. The van der Waals surface area contributed by atoms with Gasteiger partial charge in [0.25, 0.3) is 5.56 Å². The summed E-state index contributed by atoms with van der Waals surface area (Å²) >= 11 is 1.52. The largest absolute Gasteiger partial charge is 0.355 e. The summed E-state index contributed by atoms with van der Waals surface area (Å²) in [5.74, 6) is 0.527. The number of aromatic nitrogens is 2. The first-order chi connectivity index (χ1) is 10.4. The number of aryl methyl sites for hydroxylation is 3. The molecular formula is C15H23ClN4O2S. The molecule has 1 unspecified atom stereocenters. The Labute approximate surface area is 145 Å². The molecule has 8 heteroatoms. The molecule has 1 amide bonds. The summed E-state index contributed by atoms with van der Waals surface area (Å²) in [5, 5.41) is 6.57. The van der Waals surface area contributed by atoms with Crippen LogP contribution < -0.4 is 16.2 Å². The minimum atomic E-state index is -0.119. The molecule has 0 aliphatic heterocycles. The highest BCUT2D eigenvalue weighted by Crippen LogP contribution is 2.25. The summed E-state index contributed by atoms with van der Waals surface area (Å²) in [5.41, 5.74) is 0.866. The third-order valence-corrected chi connectivity index (χ3v) is 4.88. The van der Waals surface area contributed by atoms with E-state index in [1.165, 1.54) is 11.3 Å². The second-order valence-corrected chi connectivity index (χ2v) is 6.67. The number of amides is 1. The van der Waals surface area contributed by atoms with Crippen molar-refractivity contribution in [1.82, 2.24) is 20.6 Å². The van der Waals surface area contributed by atoms with Gasteiger partial charge >= 0.3 is 0 Å². The predicted molar refractivity (Wildman–Crippen MR) is 96.8 cm³/mol. The number of hydrogen-bond acceptors (Lipinski definition) is 5. The molecule has 1 atom stereocenters. The Morgan fingerprint density at radius 1 is 1.39 bits per heavy atom. The molecule has 2 aromatic rings. The van der Waals surface area contributed by atoms with Crippen molar-refractivity contribution in [3.63, 3.8) is 0 Å². The highest BCUT2D eigenvalue weighted by atomic mass is 35.5. The van der Waals surface area contributed by atoms with Crippen molar-refractivity contribution >= 4 is 39.9 Å². The maximum atomic E-state index is 12.1. The van der Waals surface area contributed by atoms with Crippen molar-refractivity contribution in [2.24, 2.45) is 0 Å². The van der Waals surface area contributed by atoms with E-state index in [2.05, 4.69) is 20.6 Å². The van der Waals surface area contributed by atoms with Crippen LogP contribution in [0.15, 0.2) is 4.79 Å². The van der Waals surface area contributed by atoms with E-state index in [1.54, 1.807) is 0 Å². The van der Waals surface area contributed by atoms with Gasteiger partial charge in [0.15, 0.2) is 0 Å². The molecule has 2 aromatic heterocycles. The monoisotopic (exact) mass is 358 g/mol. The molecule has 3 N–H and O–H groups in total. The number of hydrogen-bond donors (Lipinski definition) is 3. The number of rotatable bonds is 6. The second-order valence-electron chi connectivity index (χ2n) is 5.47. The van der Waals surface area contributed by atoms with Crippen molar-refractivity contribution in [3.8, 4) is 0 Å². The molecule has 2 rings (SSSR count). The standard InChI is InChI=1S/C15H22N4O2S.ClH/c1-8(16-4)7-17-12(20)6-5-11-18-14(21)13-9(2)10(3)22-15(13)19-11;/h8,16H,5-7H2,1-4H3,(H,17,20)(H,18,19,21);1H. The summed E-state index contributed by atoms with van der Waals surface area (Å²) in [7, 11) is 1.85. The normalized spacial score (nSPS) is 12.0. The number of fused-ring (bicyclic) bond motifs is 1. The average Bonchev–Trinajstić information content (AvgIpc) is 2.77. The Morgan fingerprint density at radius 3 is 2.74 bits per heavy atom. The zero-order chi connectivity index (χ0) is 16.3. The lowest BCUT2D eigenvalue weighted by atomic mass is 10.2. The van der Waals surface area contributed by atoms with Crippen LogP contribution in [-0.2, 0) is 11.2 Å². The lowest BCUT2D eigenvalue weighted by Crippen LogP contribution is -2.37. The van der Waals surface area contributed by atoms with Crippen LogP contribution in [0.5, 0.6) is 0 Å². The van der Waals surface area contributed by atoms with E-state index in [9.17, 15) is 9.59 Å². The summed E-state index contributed by atoms with van der Waals surface area (Å²) in [4.78, 5) is 33.0. The van der Waals surface area contributed by atoms with Crippen molar-refractivity contribution in [1.29, 1.82) is 0 Å². The fourth-order valence-corrected chi connectivity index (χ4v) is 3.16. The van der Waals surface area contributed by atoms with Crippen molar-refractivity contribution in [3.05, 3.63) is 26.6 Å². The Hall–Kier alpha value is -1.44. The number of aromatic amines is 1. The van der Waals surface area contributed by atoms with Gasteiger partial charge in [-0.25, -0.2) is 4.98 Å². The Morgan fingerprint density at radius 2 is 2.09 bits per heavy atom. The van der Waals surface area contributed by atoms with Crippen LogP contribution >= 0.6 is 23.7 Å². The molecule has 0 saturated carbocycles. The fraction of sp³-hybridized carbons (Fsp3) is 0.533. The minimum absolute atomic E-state index is 0. The SMILES string of the molecule is CNC(C)CNC(=O)CCc1nc2sc(C)c(C)c2c(=O)[nH]1.Cl. The number of thiophene rings is 1. The molecule has 0 spiro atoms. The third-order valence-electron chi connectivity index (χ3n) is 3.78. The first-order valence-electron chi connectivity index (χ1n) is 7.35. The number of carbonyl (C=O) groups excluding carboxylic acids is 1. The topological polar surface area (TPSA) is 86.9 Å². The van der Waals surface area contributed by atoms with Gasteiger partial charge in [0, 0.05) is 30.3 Å². The van der Waals surface area contributed by atoms with Gasteiger partial charge in [-0.2, -0.15) is 0 Å². The number of nitrogens with one attached hydrogen (secondary N) is 3. The van der Waals surface area contributed by atoms with E-state index >= 15 is 0 Å². The molecule has 0 fully saturated rings. The van der Waals surface area contributed by atoms with Gasteiger partial charge < -0.3 is 15.6 Å². The number of halogens is 1. The maximum Gasteiger partial charge on any atom is 0.259 e. The molecule has 6 nitrogen and oxygen atoms in total. The van der Waals surface area contributed by atoms with Crippen LogP contribution in [0.3, 0.4) is 0 Å². The molecule has 128 valence electrons. The van der Waals surface area contributed by atoms with E-state index in [4.69, 9.17) is 0 Å². The molecule has 0 radical (unpaired) electrons. The number of H-pyrrole nitrogens is 1. The molecule has 23 heavy (non-hydrogen) atoms. The summed E-state index contributed by atoms with van der Waals surface area (Å²) in [6, 6.07) is 0.232. The van der Waals surface area contributed by atoms with Crippen LogP contribution in [0.1, 0.15) is 29.6 Å². The Kier molecular flexibility index (Phi) is 7.18. The first kappa shape index (κ1) is 19.6. The first-order valence-corrected chi connectivity index (χ1v) is 8.17. The number of nitrogens with zero attached hydrogens (tertiary/aromatic N) is 1. The van der Waals surface area contributed by atoms with Gasteiger partial charge in [0.05, 0.1) is 5.39 Å². The molecular weight excluding hydrogens is 336 g/mol. The molecule has 0 bridgehead atoms. The summed E-state index contributed by atoms with van der Waals surface area (Å²) in [6.45, 7) is 6.49. The molecule has 0 aliphatic rings. The van der Waals surface area contributed by atoms with E-state index < -0.39 is 0 Å². The van der Waals surface area contributed by atoms with Gasteiger partial charge in [-0.1, -0.05) is 0 Å². The second kappa shape index (κ2) is 8.42. The van der Waals surface area contributed by atoms with Crippen molar-refractivity contribution < 1.29 is 4.79 Å². The van der Waals surface area contributed by atoms with E-state index in [0.29, 0.717) is 30.6 Å². The molecule has 0 saturated heterocycles. The smallest absolute Gasteiger partial charge is 0.259 e. The molecule has 0 aromatic carbocycles. The van der Waals surface area contributed by atoms with Crippen molar-refractivity contribution in [2.75, 3.05) is 13.6 Å². The van der Waals surface area contributed by atoms with Crippen LogP contribution in [-0.4, -0.2) is 35.5 Å². The highest BCUT2D eigenvalue weighted by Gasteiger charge is 2.12. The van der Waals surface area contributed by atoms with Gasteiger partial charge in [-0.05, 0) is 33.4 Å². The lowest BCUT2D eigenvalue weighted by molar-refractivity contribution is -0.121. The number of likely N-dealkylation sites (N-methyl/N-ethyl adjacent to an activating group) is 1. The Balaban J connectivity index is 0.00000264. The predicted octanol–water partition coefficient (Wildman–Crippen LogP) is 1.68. The van der Waals surface area contributed by atoms with E-state index in [-0.39, 0.29) is 29.9 Å². The minimum Gasteiger partial charge on any atom is -0.355 e. The van der Waals surface area contributed by atoms with Gasteiger partial charge in [-0.15, -0.1) is 23.7 Å². The van der Waals surface area contributed by atoms with Crippen LogP contribution in [0.25, 0.3) is 10.2 Å². The zero-order valence-electron chi connectivity index (χ0n) is 13.8. The summed E-state index contributed by atoms with van der Waals surface area (Å²) in [6.07, 6.45) is 0.745. The Bertz CT molecular complexity index is 741. The van der Waals surface area contributed by atoms with Crippen LogP contribution in [0, 0.1) is 13.8 Å². The highest BCUT2D eigenvalue weighted by molar-refractivity contribution is 7.18. The van der Waals surface area contributed by atoms with E-state index in [0.717, 1.165) is 15.3 Å². The third kappa shape index (κ3) is 4.76. The number of carbonyl (C=O) groups is 1. The van der Waals surface area contributed by atoms with Gasteiger partial charge in [0.1, 0.15) is 10.7 Å². The van der Waals surface area contributed by atoms with Crippen molar-refractivity contribution in [2.45, 2.75) is 39.7 Å². The zero-order valence-corrected chi connectivity index (χ0v) is 15.4. The van der Waals surface area contributed by atoms with Gasteiger partial charge in [0.2, 0.25) is 5.91 Å². The fourth-order valence-electron chi connectivity index (χ4n) is 2.11. The van der Waals surface area contributed by atoms with Crippen LogP contribution in [0.4, 0.5) is 0 Å². The van der Waals surface area contributed by atoms with E-state index in [1.807, 2.05) is 27.8 Å². The molecule has 0 aliphatic carbocycles.